The maximum atomic E-state index is 10.6. The molecule has 0 saturated carbocycles. The van der Waals surface area contributed by atoms with Gasteiger partial charge in [-0.2, -0.15) is 0 Å². The smallest absolute Gasteiger partial charge is 0.284 e. The first-order chi connectivity index (χ1) is 5.52. The Balaban J connectivity index is 3.17. The molecule has 0 bridgehead atoms. The zero-order valence-electron chi connectivity index (χ0n) is 6.23. The SMILES string of the molecule is Cc1cc(S(=O)O)oc1C(N)=O. The van der Waals surface area contributed by atoms with Gasteiger partial charge in [-0.1, -0.05) is 0 Å². The average molecular weight is 189 g/mol. The molecule has 0 fully saturated rings. The summed E-state index contributed by atoms with van der Waals surface area (Å²) in [5.41, 5.74) is 5.37. The molecule has 66 valence electrons. The van der Waals surface area contributed by atoms with Gasteiger partial charge in [-0.3, -0.25) is 9.35 Å². The molecule has 1 rings (SSSR count). The Kier molecular flexibility index (Phi) is 2.30. The van der Waals surface area contributed by atoms with Crippen LogP contribution in [-0.4, -0.2) is 14.7 Å². The molecule has 0 aliphatic carbocycles. The van der Waals surface area contributed by atoms with Crippen LogP contribution in [0.3, 0.4) is 0 Å². The van der Waals surface area contributed by atoms with Gasteiger partial charge in [-0.25, -0.2) is 4.21 Å². The molecule has 1 atom stereocenters. The maximum Gasteiger partial charge on any atom is 0.284 e. The van der Waals surface area contributed by atoms with Crippen LogP contribution in [0.2, 0.25) is 0 Å². The predicted octanol–water partition coefficient (Wildman–Crippen LogP) is 0.268. The van der Waals surface area contributed by atoms with E-state index in [1.807, 2.05) is 0 Å². The molecule has 0 radical (unpaired) electrons. The topological polar surface area (TPSA) is 93.5 Å². The van der Waals surface area contributed by atoms with Crippen LogP contribution in [0.1, 0.15) is 16.1 Å². The summed E-state index contributed by atoms with van der Waals surface area (Å²) in [4.78, 5) is 10.6. The first-order valence-corrected chi connectivity index (χ1v) is 4.14. The summed E-state index contributed by atoms with van der Waals surface area (Å²) in [5, 5.41) is -0.165. The zero-order chi connectivity index (χ0) is 9.30. The van der Waals surface area contributed by atoms with Gasteiger partial charge in [-0.05, 0) is 13.0 Å². The van der Waals surface area contributed by atoms with Gasteiger partial charge in [0.2, 0.25) is 16.2 Å². The van der Waals surface area contributed by atoms with Crippen LogP contribution in [0.5, 0.6) is 0 Å². The second-order valence-electron chi connectivity index (χ2n) is 2.19. The van der Waals surface area contributed by atoms with Crippen LogP contribution in [0.25, 0.3) is 0 Å². The highest BCUT2D eigenvalue weighted by molar-refractivity contribution is 7.79. The van der Waals surface area contributed by atoms with E-state index in [9.17, 15) is 9.00 Å². The lowest BCUT2D eigenvalue weighted by atomic mass is 10.3. The van der Waals surface area contributed by atoms with E-state index in [0.29, 0.717) is 5.56 Å². The molecule has 1 unspecified atom stereocenters. The number of rotatable bonds is 2. The molecule has 1 aromatic heterocycles. The predicted molar refractivity (Wildman–Crippen MR) is 41.0 cm³/mol. The second kappa shape index (κ2) is 3.08. The van der Waals surface area contributed by atoms with Gasteiger partial charge in [0.25, 0.3) is 5.91 Å². The fraction of sp³-hybridized carbons (Fsp3) is 0.167. The van der Waals surface area contributed by atoms with Gasteiger partial charge in [0.1, 0.15) is 0 Å². The molecule has 12 heavy (non-hydrogen) atoms. The number of carbonyl (C=O) groups excluding carboxylic acids is 1. The standard InChI is InChI=1S/C6H7NO4S/c1-3-2-4(12(9)10)11-5(3)6(7)8/h2H,1H3,(H2,7,8)(H,9,10). The number of hydrogen-bond acceptors (Lipinski definition) is 3. The Morgan fingerprint density at radius 2 is 2.33 bits per heavy atom. The molecule has 0 aromatic carbocycles. The number of nitrogens with two attached hydrogens (primary N) is 1. The summed E-state index contributed by atoms with van der Waals surface area (Å²) in [5.74, 6) is -0.823. The Morgan fingerprint density at radius 3 is 2.58 bits per heavy atom. The van der Waals surface area contributed by atoms with Crippen molar-refractivity contribution >= 4 is 17.0 Å². The average Bonchev–Trinajstić information content (AvgIpc) is 2.30. The van der Waals surface area contributed by atoms with Crippen molar-refractivity contribution in [3.05, 3.63) is 17.4 Å². The number of hydrogen-bond donors (Lipinski definition) is 2. The van der Waals surface area contributed by atoms with Crippen molar-refractivity contribution < 1.29 is 18.0 Å². The molecule has 0 aliphatic rings. The van der Waals surface area contributed by atoms with E-state index < -0.39 is 17.0 Å². The van der Waals surface area contributed by atoms with Crippen molar-refractivity contribution in [2.75, 3.05) is 0 Å². The highest BCUT2D eigenvalue weighted by Crippen LogP contribution is 2.15. The van der Waals surface area contributed by atoms with Gasteiger partial charge >= 0.3 is 0 Å². The van der Waals surface area contributed by atoms with E-state index >= 15 is 0 Å². The maximum absolute atomic E-state index is 10.6. The molecule has 1 heterocycles. The fourth-order valence-electron chi connectivity index (χ4n) is 0.784. The molecule has 6 heteroatoms. The van der Waals surface area contributed by atoms with Crippen LogP contribution < -0.4 is 5.73 Å². The Labute approximate surface area is 70.8 Å². The quantitative estimate of drug-likeness (QED) is 0.653. The lowest BCUT2D eigenvalue weighted by Gasteiger charge is -1.88. The van der Waals surface area contributed by atoms with Crippen molar-refractivity contribution in [3.8, 4) is 0 Å². The summed E-state index contributed by atoms with van der Waals surface area (Å²) in [6.07, 6.45) is 0. The summed E-state index contributed by atoms with van der Waals surface area (Å²) in [6, 6.07) is 1.30. The Hall–Kier alpha value is -1.14. The third-order valence-electron chi connectivity index (χ3n) is 1.29. The lowest BCUT2D eigenvalue weighted by molar-refractivity contribution is 0.0968. The molecule has 0 spiro atoms. The minimum absolute atomic E-state index is 0.0765. The van der Waals surface area contributed by atoms with Gasteiger partial charge in [0, 0.05) is 5.56 Å². The van der Waals surface area contributed by atoms with E-state index in [1.54, 1.807) is 6.92 Å². The fourth-order valence-corrected chi connectivity index (χ4v) is 1.22. The lowest BCUT2D eigenvalue weighted by Crippen LogP contribution is -2.10. The Bertz CT molecular complexity index is 343. The summed E-state index contributed by atoms with van der Waals surface area (Å²) >= 11 is -2.21. The molecule has 5 nitrogen and oxygen atoms in total. The van der Waals surface area contributed by atoms with E-state index in [2.05, 4.69) is 0 Å². The van der Waals surface area contributed by atoms with E-state index in [0.717, 1.165) is 0 Å². The normalized spacial score (nSPS) is 12.8. The van der Waals surface area contributed by atoms with Crippen molar-refractivity contribution in [1.29, 1.82) is 0 Å². The van der Waals surface area contributed by atoms with Crippen molar-refractivity contribution in [2.45, 2.75) is 12.0 Å². The second-order valence-corrected chi connectivity index (χ2v) is 3.09. The number of primary amides is 1. The van der Waals surface area contributed by atoms with Gasteiger partial charge in [-0.15, -0.1) is 0 Å². The highest BCUT2D eigenvalue weighted by atomic mass is 32.2. The molecular formula is C6H7NO4S. The first kappa shape index (κ1) is 8.95. The van der Waals surface area contributed by atoms with Crippen LogP contribution in [0.15, 0.2) is 15.6 Å². The molecule has 1 aromatic rings. The largest absolute Gasteiger partial charge is 0.439 e. The van der Waals surface area contributed by atoms with Crippen molar-refractivity contribution in [1.82, 2.24) is 0 Å². The molecular weight excluding hydrogens is 182 g/mol. The van der Waals surface area contributed by atoms with Crippen LogP contribution in [-0.2, 0) is 11.1 Å². The molecule has 3 N–H and O–H groups in total. The van der Waals surface area contributed by atoms with Gasteiger partial charge in [0.15, 0.2) is 5.76 Å². The van der Waals surface area contributed by atoms with Crippen molar-refractivity contribution in [3.63, 3.8) is 0 Å². The van der Waals surface area contributed by atoms with Crippen LogP contribution in [0.4, 0.5) is 0 Å². The van der Waals surface area contributed by atoms with Crippen molar-refractivity contribution in [2.24, 2.45) is 5.73 Å². The van der Waals surface area contributed by atoms with Crippen LogP contribution in [0, 0.1) is 6.92 Å². The summed E-state index contributed by atoms with van der Waals surface area (Å²) < 4.78 is 23.7. The number of aryl methyl sites for hydroxylation is 1. The number of carbonyl (C=O) groups is 1. The third-order valence-corrected chi connectivity index (χ3v) is 1.84. The third kappa shape index (κ3) is 1.54. The first-order valence-electron chi connectivity index (χ1n) is 3.03. The van der Waals surface area contributed by atoms with E-state index in [4.69, 9.17) is 14.7 Å². The number of amides is 1. The van der Waals surface area contributed by atoms with Gasteiger partial charge < -0.3 is 10.2 Å². The minimum atomic E-state index is -2.21. The van der Waals surface area contributed by atoms with E-state index in [1.165, 1.54) is 6.07 Å². The van der Waals surface area contributed by atoms with Gasteiger partial charge in [0.05, 0.1) is 0 Å². The minimum Gasteiger partial charge on any atom is -0.439 e. The monoisotopic (exact) mass is 189 g/mol. The molecule has 0 aliphatic heterocycles. The molecule has 1 amide bonds. The molecule has 0 saturated heterocycles. The number of furan rings is 1. The highest BCUT2D eigenvalue weighted by Gasteiger charge is 2.14. The summed E-state index contributed by atoms with van der Waals surface area (Å²) in [7, 11) is 0. The van der Waals surface area contributed by atoms with Crippen LogP contribution >= 0.6 is 0 Å². The van der Waals surface area contributed by atoms with E-state index in [-0.39, 0.29) is 10.9 Å². The Morgan fingerprint density at radius 1 is 1.75 bits per heavy atom. The zero-order valence-corrected chi connectivity index (χ0v) is 7.05. The summed E-state index contributed by atoms with van der Waals surface area (Å²) in [6.45, 7) is 1.57.